The highest BCUT2D eigenvalue weighted by Gasteiger charge is 2.14. The molecule has 0 aliphatic heterocycles. The standard InChI is InChI=1S/C27H24N2/c1-5-10-20(11-6-2)24-16-18(3)28-26-22(24)14-15-23-25(17-19(4)29-27(23)26)21-12-8-7-9-13-21/h5-17H,1H2,2-4H3/b11-6-,20-10+. The van der Waals surface area contributed by atoms with E-state index in [9.17, 15) is 0 Å². The molecule has 2 nitrogen and oxygen atoms in total. The van der Waals surface area contributed by atoms with Gasteiger partial charge in [0.1, 0.15) is 0 Å². The fourth-order valence-electron chi connectivity index (χ4n) is 3.87. The first-order valence-corrected chi connectivity index (χ1v) is 9.85. The van der Waals surface area contributed by atoms with Gasteiger partial charge in [-0.3, -0.25) is 9.97 Å². The topological polar surface area (TPSA) is 25.8 Å². The lowest BCUT2D eigenvalue weighted by Gasteiger charge is -2.13. The first-order valence-electron chi connectivity index (χ1n) is 9.85. The smallest absolute Gasteiger partial charge is 0.0974 e. The number of allylic oxidation sites excluding steroid dienone is 5. The molecule has 0 unspecified atom stereocenters. The maximum absolute atomic E-state index is 4.90. The highest BCUT2D eigenvalue weighted by molar-refractivity contribution is 6.11. The van der Waals surface area contributed by atoms with Crippen molar-refractivity contribution in [3.63, 3.8) is 0 Å². The minimum absolute atomic E-state index is 0.942. The van der Waals surface area contributed by atoms with Gasteiger partial charge >= 0.3 is 0 Å². The van der Waals surface area contributed by atoms with Crippen LogP contribution >= 0.6 is 0 Å². The Balaban J connectivity index is 2.11. The van der Waals surface area contributed by atoms with Gasteiger partial charge < -0.3 is 0 Å². The molecule has 0 bridgehead atoms. The van der Waals surface area contributed by atoms with Crippen LogP contribution < -0.4 is 0 Å². The minimum atomic E-state index is 0.942. The Morgan fingerprint density at radius 1 is 0.862 bits per heavy atom. The van der Waals surface area contributed by atoms with E-state index in [0.29, 0.717) is 0 Å². The molecule has 0 fully saturated rings. The average Bonchev–Trinajstić information content (AvgIpc) is 2.73. The second-order valence-corrected chi connectivity index (χ2v) is 7.20. The van der Waals surface area contributed by atoms with Crippen LogP contribution in [0.1, 0.15) is 23.9 Å². The van der Waals surface area contributed by atoms with Crippen LogP contribution in [-0.4, -0.2) is 9.97 Å². The van der Waals surface area contributed by atoms with Crippen LogP contribution in [0.4, 0.5) is 0 Å². The number of hydrogen-bond acceptors (Lipinski definition) is 2. The molecule has 0 radical (unpaired) electrons. The summed E-state index contributed by atoms with van der Waals surface area (Å²) in [6.45, 7) is 9.99. The van der Waals surface area contributed by atoms with Gasteiger partial charge in [-0.05, 0) is 55.2 Å². The summed E-state index contributed by atoms with van der Waals surface area (Å²) in [6, 6.07) is 19.1. The molecule has 0 aliphatic rings. The minimum Gasteiger partial charge on any atom is -0.251 e. The first-order chi connectivity index (χ1) is 14.1. The van der Waals surface area contributed by atoms with Crippen molar-refractivity contribution in [1.82, 2.24) is 9.97 Å². The number of pyridine rings is 2. The molecule has 2 heterocycles. The number of rotatable bonds is 4. The second kappa shape index (κ2) is 7.84. The highest BCUT2D eigenvalue weighted by Crippen LogP contribution is 2.35. The number of aromatic nitrogens is 2. The van der Waals surface area contributed by atoms with Crippen molar-refractivity contribution in [3.8, 4) is 11.1 Å². The fraction of sp³-hybridized carbons (Fsp3) is 0.111. The van der Waals surface area contributed by atoms with Gasteiger partial charge in [0.2, 0.25) is 0 Å². The molecule has 0 atom stereocenters. The Labute approximate surface area is 172 Å². The van der Waals surface area contributed by atoms with Gasteiger partial charge in [-0.25, -0.2) is 0 Å². The van der Waals surface area contributed by atoms with Gasteiger partial charge in [-0.1, -0.05) is 73.3 Å². The Hall–Kier alpha value is -3.52. The Kier molecular flexibility index (Phi) is 5.09. The van der Waals surface area contributed by atoms with Crippen LogP contribution in [0.5, 0.6) is 0 Å². The van der Waals surface area contributed by atoms with Gasteiger partial charge in [0, 0.05) is 22.2 Å². The molecular weight excluding hydrogens is 352 g/mol. The SMILES string of the molecule is C=C/C=C(\C=C/C)c1cc(C)nc2c1ccc1c(-c3ccccc3)cc(C)nc12. The maximum atomic E-state index is 4.90. The molecule has 0 saturated carbocycles. The second-order valence-electron chi connectivity index (χ2n) is 7.20. The molecular formula is C27H24N2. The Morgan fingerprint density at radius 2 is 1.52 bits per heavy atom. The predicted octanol–water partition coefficient (Wildman–Crippen LogP) is 7.21. The van der Waals surface area contributed by atoms with Crippen LogP contribution in [0.15, 0.2) is 85.5 Å². The lowest BCUT2D eigenvalue weighted by molar-refractivity contribution is 1.23. The lowest BCUT2D eigenvalue weighted by Crippen LogP contribution is -1.96. The highest BCUT2D eigenvalue weighted by atomic mass is 14.8. The summed E-state index contributed by atoms with van der Waals surface area (Å²) in [7, 11) is 0. The van der Waals surface area contributed by atoms with E-state index in [1.54, 1.807) is 0 Å². The van der Waals surface area contributed by atoms with Gasteiger partial charge in [0.15, 0.2) is 0 Å². The molecule has 0 N–H and O–H groups in total. The zero-order valence-corrected chi connectivity index (χ0v) is 17.1. The molecule has 0 saturated heterocycles. The zero-order valence-electron chi connectivity index (χ0n) is 17.1. The van der Waals surface area contributed by atoms with Crippen molar-refractivity contribution < 1.29 is 0 Å². The molecule has 4 aromatic rings. The summed E-state index contributed by atoms with van der Waals surface area (Å²) >= 11 is 0. The maximum Gasteiger partial charge on any atom is 0.0974 e. The third-order valence-corrected chi connectivity index (χ3v) is 5.05. The quantitative estimate of drug-likeness (QED) is 0.278. The van der Waals surface area contributed by atoms with Crippen molar-refractivity contribution in [2.45, 2.75) is 20.8 Å². The molecule has 2 aromatic carbocycles. The first kappa shape index (κ1) is 18.8. The predicted molar refractivity (Wildman–Crippen MR) is 125 cm³/mol. The molecule has 0 aliphatic carbocycles. The number of fused-ring (bicyclic) bond motifs is 3. The fourth-order valence-corrected chi connectivity index (χ4v) is 3.87. The zero-order chi connectivity index (χ0) is 20.4. The molecule has 0 amide bonds. The van der Waals surface area contributed by atoms with Crippen LogP contribution in [0.3, 0.4) is 0 Å². The Morgan fingerprint density at radius 3 is 2.21 bits per heavy atom. The van der Waals surface area contributed by atoms with Crippen LogP contribution in [0.25, 0.3) is 38.5 Å². The van der Waals surface area contributed by atoms with Gasteiger partial charge in [-0.15, -0.1) is 0 Å². The molecule has 2 aromatic heterocycles. The number of hydrogen-bond donors (Lipinski definition) is 0. The number of benzene rings is 2. The van der Waals surface area contributed by atoms with Crippen LogP contribution in [0, 0.1) is 13.8 Å². The monoisotopic (exact) mass is 376 g/mol. The van der Waals surface area contributed by atoms with E-state index in [1.165, 1.54) is 11.1 Å². The lowest BCUT2D eigenvalue weighted by atomic mass is 9.95. The summed E-state index contributed by atoms with van der Waals surface area (Å²) in [5.41, 5.74) is 8.51. The molecule has 29 heavy (non-hydrogen) atoms. The summed E-state index contributed by atoms with van der Waals surface area (Å²) < 4.78 is 0. The summed E-state index contributed by atoms with van der Waals surface area (Å²) in [6.07, 6.45) is 8.03. The van der Waals surface area contributed by atoms with E-state index >= 15 is 0 Å². The summed E-state index contributed by atoms with van der Waals surface area (Å²) in [5.74, 6) is 0. The summed E-state index contributed by atoms with van der Waals surface area (Å²) in [5, 5.41) is 2.23. The van der Waals surface area contributed by atoms with E-state index in [0.717, 1.165) is 44.3 Å². The van der Waals surface area contributed by atoms with Gasteiger partial charge in [-0.2, -0.15) is 0 Å². The Bertz CT molecular complexity index is 1280. The average molecular weight is 377 g/mol. The van der Waals surface area contributed by atoms with Gasteiger partial charge in [0.25, 0.3) is 0 Å². The third kappa shape index (κ3) is 3.50. The summed E-state index contributed by atoms with van der Waals surface area (Å²) in [4.78, 5) is 9.81. The van der Waals surface area contributed by atoms with Crippen LogP contribution in [-0.2, 0) is 0 Å². The molecule has 2 heteroatoms. The van der Waals surface area contributed by atoms with E-state index < -0.39 is 0 Å². The van der Waals surface area contributed by atoms with Gasteiger partial charge in [0.05, 0.1) is 11.0 Å². The van der Waals surface area contributed by atoms with Crippen molar-refractivity contribution in [2.24, 2.45) is 0 Å². The van der Waals surface area contributed by atoms with Crippen molar-refractivity contribution in [1.29, 1.82) is 0 Å². The largest absolute Gasteiger partial charge is 0.251 e. The molecule has 142 valence electrons. The van der Waals surface area contributed by atoms with Crippen molar-refractivity contribution >= 4 is 27.4 Å². The number of nitrogens with zero attached hydrogens (tertiary/aromatic N) is 2. The molecule has 0 spiro atoms. The molecule has 4 rings (SSSR count). The third-order valence-electron chi connectivity index (χ3n) is 5.05. The van der Waals surface area contributed by atoms with Crippen molar-refractivity contribution in [3.05, 3.63) is 102 Å². The normalized spacial score (nSPS) is 12.2. The van der Waals surface area contributed by atoms with E-state index in [4.69, 9.17) is 9.97 Å². The van der Waals surface area contributed by atoms with Crippen molar-refractivity contribution in [2.75, 3.05) is 0 Å². The van der Waals surface area contributed by atoms with E-state index in [2.05, 4.69) is 61.2 Å². The van der Waals surface area contributed by atoms with Crippen LogP contribution in [0.2, 0.25) is 0 Å². The van der Waals surface area contributed by atoms with E-state index in [1.807, 2.05) is 45.1 Å². The number of aryl methyl sites for hydroxylation is 2. The van der Waals surface area contributed by atoms with E-state index in [-0.39, 0.29) is 0 Å².